The lowest BCUT2D eigenvalue weighted by Crippen LogP contribution is -2.65. The van der Waals surface area contributed by atoms with Crippen molar-refractivity contribution in [3.8, 4) is 0 Å². The van der Waals surface area contributed by atoms with Gasteiger partial charge in [-0.2, -0.15) is 5.06 Å². The van der Waals surface area contributed by atoms with Gasteiger partial charge in [0.05, 0.1) is 12.1 Å². The Hall–Kier alpha value is -0.120. The topological polar surface area (TPSA) is 32.7 Å². The van der Waals surface area contributed by atoms with Gasteiger partial charge in [-0.05, 0) is 57.8 Å². The van der Waals surface area contributed by atoms with Crippen molar-refractivity contribution in [3.63, 3.8) is 0 Å². The Morgan fingerprint density at radius 3 is 1.94 bits per heavy atom. The van der Waals surface area contributed by atoms with Crippen LogP contribution >= 0.6 is 0 Å². The summed E-state index contributed by atoms with van der Waals surface area (Å²) in [6, 6.07) is 0. The maximum Gasteiger partial charge on any atom is 0.150 e. The Labute approximate surface area is 103 Å². The lowest BCUT2D eigenvalue weighted by Gasteiger charge is -2.60. The smallest absolute Gasteiger partial charge is 0.150 e. The van der Waals surface area contributed by atoms with Crippen molar-refractivity contribution in [1.82, 2.24) is 5.06 Å². The Balaban J connectivity index is 1.75. The third kappa shape index (κ3) is 1.18. The van der Waals surface area contributed by atoms with Gasteiger partial charge in [-0.3, -0.25) is 0 Å². The summed E-state index contributed by atoms with van der Waals surface area (Å²) in [5.41, 5.74) is -0.535. The molecule has 1 N–H and O–H groups in total. The van der Waals surface area contributed by atoms with Crippen molar-refractivity contribution in [1.29, 1.82) is 0 Å². The van der Waals surface area contributed by atoms with E-state index in [1.807, 2.05) is 0 Å². The van der Waals surface area contributed by atoms with Crippen LogP contribution in [0, 0.1) is 23.7 Å². The molecule has 0 aromatic heterocycles. The van der Waals surface area contributed by atoms with Gasteiger partial charge in [-0.1, -0.05) is 0 Å². The molecule has 0 unspecified atom stereocenters. The zero-order valence-electron chi connectivity index (χ0n) is 10.9. The molecule has 0 aromatic carbocycles. The molecule has 5 rings (SSSR count). The lowest BCUT2D eigenvalue weighted by atomic mass is 9.52. The zero-order valence-corrected chi connectivity index (χ0v) is 10.9. The maximum absolute atomic E-state index is 10.6. The standard InChI is InChI=1S/C14H23NO2/c1-13(2)8-17-14(15(13)16)11-4-9-3-10(6-11)7-12(14)5-9/h9-12,16H,3-8H2,1-2H3. The van der Waals surface area contributed by atoms with E-state index in [1.165, 1.54) is 32.1 Å². The minimum Gasteiger partial charge on any atom is -0.356 e. The van der Waals surface area contributed by atoms with E-state index in [-0.39, 0.29) is 11.3 Å². The van der Waals surface area contributed by atoms with E-state index in [2.05, 4.69) is 13.8 Å². The minimum absolute atomic E-state index is 0.213. The number of rotatable bonds is 0. The van der Waals surface area contributed by atoms with Crippen LogP contribution < -0.4 is 0 Å². The molecule has 0 radical (unpaired) electrons. The van der Waals surface area contributed by atoms with Crippen LogP contribution in [0.15, 0.2) is 0 Å². The number of hydrogen-bond acceptors (Lipinski definition) is 3. The van der Waals surface area contributed by atoms with Gasteiger partial charge in [0.1, 0.15) is 5.72 Å². The number of ether oxygens (including phenoxy) is 1. The van der Waals surface area contributed by atoms with Gasteiger partial charge in [0.2, 0.25) is 0 Å². The predicted octanol–water partition coefficient (Wildman–Crippen LogP) is 2.64. The molecule has 5 aliphatic rings. The van der Waals surface area contributed by atoms with Crippen molar-refractivity contribution in [2.75, 3.05) is 6.61 Å². The lowest BCUT2D eigenvalue weighted by molar-refractivity contribution is -0.328. The van der Waals surface area contributed by atoms with E-state index in [0.717, 1.165) is 11.8 Å². The third-order valence-corrected chi connectivity index (χ3v) is 5.87. The number of hydroxylamine groups is 2. The molecular formula is C14H23NO2. The molecule has 4 aliphatic carbocycles. The number of hydrogen-bond donors (Lipinski definition) is 1. The fraction of sp³-hybridized carbons (Fsp3) is 1.00. The summed E-state index contributed by atoms with van der Waals surface area (Å²) in [6.07, 6.45) is 6.55. The molecule has 0 aromatic rings. The van der Waals surface area contributed by atoms with Crippen LogP contribution in [0.2, 0.25) is 0 Å². The van der Waals surface area contributed by atoms with Crippen molar-refractivity contribution in [2.24, 2.45) is 23.7 Å². The Bertz CT molecular complexity index is 324. The molecule has 0 atom stereocenters. The normalized spacial score (nSPS) is 55.9. The Kier molecular flexibility index (Phi) is 1.94. The van der Waals surface area contributed by atoms with Gasteiger partial charge in [0.15, 0.2) is 0 Å². The largest absolute Gasteiger partial charge is 0.356 e. The van der Waals surface area contributed by atoms with Gasteiger partial charge in [0, 0.05) is 11.8 Å². The van der Waals surface area contributed by atoms with E-state index < -0.39 is 0 Å². The van der Waals surface area contributed by atoms with Gasteiger partial charge >= 0.3 is 0 Å². The van der Waals surface area contributed by atoms with Gasteiger partial charge in [0.25, 0.3) is 0 Å². The second-order valence-corrected chi connectivity index (χ2v) is 7.47. The first-order chi connectivity index (χ1) is 8.02. The summed E-state index contributed by atoms with van der Waals surface area (Å²) >= 11 is 0. The van der Waals surface area contributed by atoms with E-state index in [1.54, 1.807) is 5.06 Å². The zero-order chi connectivity index (χ0) is 11.8. The van der Waals surface area contributed by atoms with Crippen LogP contribution in [0.4, 0.5) is 0 Å². The first kappa shape index (κ1) is 10.8. The van der Waals surface area contributed by atoms with Crippen LogP contribution in [0.1, 0.15) is 46.0 Å². The molecule has 1 spiro atoms. The summed E-state index contributed by atoms with van der Waals surface area (Å²) in [4.78, 5) is 0. The fourth-order valence-corrected chi connectivity index (χ4v) is 5.33. The second-order valence-electron chi connectivity index (χ2n) is 7.47. The molecule has 5 fully saturated rings. The quantitative estimate of drug-likeness (QED) is 0.703. The number of nitrogens with zero attached hydrogens (tertiary/aromatic N) is 1. The van der Waals surface area contributed by atoms with Crippen LogP contribution in [-0.2, 0) is 4.74 Å². The second kappa shape index (κ2) is 3.06. The predicted molar refractivity (Wildman–Crippen MR) is 63.4 cm³/mol. The summed E-state index contributed by atoms with van der Waals surface area (Å²) < 4.78 is 6.22. The fourth-order valence-electron chi connectivity index (χ4n) is 5.33. The third-order valence-electron chi connectivity index (χ3n) is 5.87. The highest BCUT2D eigenvalue weighted by molar-refractivity contribution is 5.10. The monoisotopic (exact) mass is 237 g/mol. The van der Waals surface area contributed by atoms with Crippen molar-refractivity contribution in [3.05, 3.63) is 0 Å². The van der Waals surface area contributed by atoms with Crippen LogP contribution in [0.5, 0.6) is 0 Å². The van der Waals surface area contributed by atoms with Crippen LogP contribution in [-0.4, -0.2) is 28.1 Å². The average Bonchev–Trinajstić information content (AvgIpc) is 2.49. The molecular weight excluding hydrogens is 214 g/mol. The van der Waals surface area contributed by atoms with E-state index in [9.17, 15) is 5.21 Å². The molecule has 96 valence electrons. The highest BCUT2D eigenvalue weighted by atomic mass is 16.6. The highest BCUT2D eigenvalue weighted by Crippen LogP contribution is 2.62. The average molecular weight is 237 g/mol. The molecule has 1 aliphatic heterocycles. The van der Waals surface area contributed by atoms with Crippen molar-refractivity contribution >= 4 is 0 Å². The molecule has 0 amide bonds. The van der Waals surface area contributed by atoms with Crippen LogP contribution in [0.3, 0.4) is 0 Å². The van der Waals surface area contributed by atoms with Crippen molar-refractivity contribution < 1.29 is 9.94 Å². The first-order valence-electron chi connectivity index (χ1n) is 7.15. The molecule has 3 nitrogen and oxygen atoms in total. The maximum atomic E-state index is 10.6. The van der Waals surface area contributed by atoms with E-state index in [0.29, 0.717) is 18.4 Å². The first-order valence-corrected chi connectivity index (χ1v) is 7.15. The Morgan fingerprint density at radius 1 is 1.00 bits per heavy atom. The van der Waals surface area contributed by atoms with Gasteiger partial charge < -0.3 is 9.94 Å². The van der Waals surface area contributed by atoms with Crippen molar-refractivity contribution in [2.45, 2.75) is 57.2 Å². The van der Waals surface area contributed by atoms with E-state index >= 15 is 0 Å². The molecule has 1 saturated heterocycles. The summed E-state index contributed by atoms with van der Waals surface area (Å²) in [6.45, 7) is 4.85. The molecule has 1 heterocycles. The molecule has 17 heavy (non-hydrogen) atoms. The molecule has 4 bridgehead atoms. The van der Waals surface area contributed by atoms with Gasteiger partial charge in [-0.15, -0.1) is 0 Å². The summed E-state index contributed by atoms with van der Waals surface area (Å²) in [5, 5.41) is 12.3. The minimum atomic E-state index is -0.323. The van der Waals surface area contributed by atoms with Crippen LogP contribution in [0.25, 0.3) is 0 Å². The molecule has 4 saturated carbocycles. The SMILES string of the molecule is CC1(C)COC2(C3CC4CC(C3)CC2C4)N1O. The molecule has 3 heteroatoms. The summed E-state index contributed by atoms with van der Waals surface area (Å²) in [5.74, 6) is 2.99. The van der Waals surface area contributed by atoms with E-state index in [4.69, 9.17) is 4.74 Å². The highest BCUT2D eigenvalue weighted by Gasteiger charge is 2.66. The summed E-state index contributed by atoms with van der Waals surface area (Å²) in [7, 11) is 0. The Morgan fingerprint density at radius 2 is 1.53 bits per heavy atom. The van der Waals surface area contributed by atoms with Gasteiger partial charge in [-0.25, -0.2) is 0 Å².